The van der Waals surface area contributed by atoms with Crippen molar-refractivity contribution >= 4 is 16.9 Å². The van der Waals surface area contributed by atoms with Crippen LogP contribution in [0.2, 0.25) is 0 Å². The fraction of sp³-hybridized carbons (Fsp3) is 0.409. The number of nitrogens with zero attached hydrogens (tertiary/aromatic N) is 3. The molecule has 0 saturated heterocycles. The molecule has 0 bridgehead atoms. The molecule has 0 unspecified atom stereocenters. The number of aromatic nitrogens is 3. The zero-order valence-corrected chi connectivity index (χ0v) is 16.8. The number of fused-ring (bicyclic) bond motifs is 1. The van der Waals surface area contributed by atoms with Crippen molar-refractivity contribution in [1.29, 1.82) is 0 Å². The second kappa shape index (κ2) is 7.81. The van der Waals surface area contributed by atoms with Gasteiger partial charge in [0.05, 0.1) is 6.20 Å². The summed E-state index contributed by atoms with van der Waals surface area (Å²) in [5, 5.41) is 9.20. The Labute approximate surface area is 168 Å². The van der Waals surface area contributed by atoms with Crippen LogP contribution in [0.1, 0.15) is 37.1 Å². The Kier molecular flexibility index (Phi) is 5.22. The van der Waals surface area contributed by atoms with Crippen LogP contribution in [0.5, 0.6) is 5.88 Å². The Balaban J connectivity index is 1.70. The van der Waals surface area contributed by atoms with Gasteiger partial charge in [-0.15, -0.1) is 5.10 Å². The van der Waals surface area contributed by atoms with Gasteiger partial charge in [-0.3, -0.25) is 4.79 Å². The summed E-state index contributed by atoms with van der Waals surface area (Å²) in [6, 6.07) is 6.18. The van der Waals surface area contributed by atoms with Crippen LogP contribution in [-0.4, -0.2) is 20.7 Å². The molecule has 1 aliphatic carbocycles. The highest BCUT2D eigenvalue weighted by Gasteiger charge is 2.34. The Bertz CT molecular complexity index is 1050. The lowest BCUT2D eigenvalue weighted by molar-refractivity contribution is -0.142. The third-order valence-electron chi connectivity index (χ3n) is 5.63. The average molecular weight is 397 g/mol. The molecule has 7 heteroatoms. The molecule has 0 N–H and O–H groups in total. The average Bonchev–Trinajstić information content (AvgIpc) is 3.32. The highest BCUT2D eigenvalue weighted by Crippen LogP contribution is 2.41. The fourth-order valence-corrected chi connectivity index (χ4v) is 3.67. The molecule has 2 atom stereocenters. The standard InChI is InChI=1S/C22H24FN3O3/c1-13-8-17(13)10-26-14(2)20(12-28-15(3)27)19-9-24-25-22(21(19)26)29-11-16-4-6-18(23)7-5-16/h4-7,9,13,17H,8,10-12H2,1-3H3/t13-,17+/m0/s1. The van der Waals surface area contributed by atoms with Crippen molar-refractivity contribution in [2.75, 3.05) is 0 Å². The van der Waals surface area contributed by atoms with Crippen LogP contribution in [0.3, 0.4) is 0 Å². The molecule has 152 valence electrons. The quantitative estimate of drug-likeness (QED) is 0.560. The minimum absolute atomic E-state index is 0.188. The summed E-state index contributed by atoms with van der Waals surface area (Å²) in [7, 11) is 0. The first-order valence-corrected chi connectivity index (χ1v) is 9.78. The van der Waals surface area contributed by atoms with Gasteiger partial charge in [0, 0.05) is 30.1 Å². The first-order valence-electron chi connectivity index (χ1n) is 9.78. The first-order chi connectivity index (χ1) is 13.9. The van der Waals surface area contributed by atoms with Gasteiger partial charge in [0.2, 0.25) is 0 Å². The van der Waals surface area contributed by atoms with E-state index in [1.54, 1.807) is 18.3 Å². The van der Waals surface area contributed by atoms with Crippen LogP contribution in [0.4, 0.5) is 4.39 Å². The van der Waals surface area contributed by atoms with Gasteiger partial charge in [-0.05, 0) is 42.9 Å². The van der Waals surface area contributed by atoms with E-state index >= 15 is 0 Å². The Morgan fingerprint density at radius 1 is 1.28 bits per heavy atom. The summed E-state index contributed by atoms with van der Waals surface area (Å²) in [6.45, 7) is 6.98. The van der Waals surface area contributed by atoms with Gasteiger partial charge in [0.15, 0.2) is 0 Å². The monoisotopic (exact) mass is 397 g/mol. The predicted molar refractivity (Wildman–Crippen MR) is 106 cm³/mol. The molecular weight excluding hydrogens is 373 g/mol. The highest BCUT2D eigenvalue weighted by atomic mass is 19.1. The zero-order valence-electron chi connectivity index (χ0n) is 16.8. The molecule has 3 aromatic rings. The van der Waals surface area contributed by atoms with Crippen LogP contribution >= 0.6 is 0 Å². The molecule has 2 heterocycles. The second-order valence-electron chi connectivity index (χ2n) is 7.76. The minimum Gasteiger partial charge on any atom is -0.470 e. The molecule has 1 fully saturated rings. The zero-order chi connectivity index (χ0) is 20.5. The largest absolute Gasteiger partial charge is 0.470 e. The summed E-state index contributed by atoms with van der Waals surface area (Å²) in [6.07, 6.45) is 2.89. The maximum atomic E-state index is 13.1. The number of halogens is 1. The van der Waals surface area contributed by atoms with Crippen LogP contribution in [-0.2, 0) is 29.3 Å². The summed E-state index contributed by atoms with van der Waals surface area (Å²) < 4.78 is 26.6. The Morgan fingerprint density at radius 2 is 2.00 bits per heavy atom. The molecule has 29 heavy (non-hydrogen) atoms. The van der Waals surface area contributed by atoms with Crippen molar-refractivity contribution in [3.8, 4) is 5.88 Å². The molecule has 1 aromatic carbocycles. The van der Waals surface area contributed by atoms with E-state index in [2.05, 4.69) is 21.7 Å². The molecule has 1 aliphatic rings. The Morgan fingerprint density at radius 3 is 2.66 bits per heavy atom. The molecule has 0 amide bonds. The van der Waals surface area contributed by atoms with Gasteiger partial charge in [-0.2, -0.15) is 5.10 Å². The van der Waals surface area contributed by atoms with Gasteiger partial charge in [-0.1, -0.05) is 19.1 Å². The SMILES string of the molecule is CC(=O)OCc1c(C)n(C[C@H]2C[C@@H]2C)c2c(OCc3ccc(F)cc3)nncc12. The maximum absolute atomic E-state index is 13.1. The van der Waals surface area contributed by atoms with Crippen LogP contribution in [0, 0.1) is 24.6 Å². The lowest BCUT2D eigenvalue weighted by atomic mass is 10.2. The van der Waals surface area contributed by atoms with Gasteiger partial charge in [0.1, 0.15) is 24.5 Å². The van der Waals surface area contributed by atoms with Crippen LogP contribution < -0.4 is 4.74 Å². The van der Waals surface area contributed by atoms with Gasteiger partial charge < -0.3 is 14.0 Å². The topological polar surface area (TPSA) is 66.2 Å². The van der Waals surface area contributed by atoms with E-state index in [0.29, 0.717) is 17.7 Å². The fourth-order valence-electron chi connectivity index (χ4n) is 3.67. The smallest absolute Gasteiger partial charge is 0.302 e. The van der Waals surface area contributed by atoms with Crippen LogP contribution in [0.15, 0.2) is 30.5 Å². The molecule has 1 saturated carbocycles. The lowest BCUT2D eigenvalue weighted by Gasteiger charge is -2.11. The van der Waals surface area contributed by atoms with Gasteiger partial charge in [0.25, 0.3) is 5.88 Å². The van der Waals surface area contributed by atoms with E-state index in [9.17, 15) is 9.18 Å². The summed E-state index contributed by atoms with van der Waals surface area (Å²) in [4.78, 5) is 11.3. The number of hydrogen-bond acceptors (Lipinski definition) is 5. The maximum Gasteiger partial charge on any atom is 0.302 e. The number of carbonyl (C=O) groups excluding carboxylic acids is 1. The van der Waals surface area contributed by atoms with Crippen molar-refractivity contribution in [1.82, 2.24) is 14.8 Å². The van der Waals surface area contributed by atoms with E-state index in [1.165, 1.54) is 25.5 Å². The Hall–Kier alpha value is -2.96. The number of esters is 1. The normalized spacial score (nSPS) is 18.1. The van der Waals surface area contributed by atoms with Crippen molar-refractivity contribution in [2.45, 2.75) is 47.0 Å². The van der Waals surface area contributed by atoms with E-state index in [0.717, 1.165) is 34.3 Å². The number of benzene rings is 1. The first kappa shape index (κ1) is 19.4. The third kappa shape index (κ3) is 4.09. The number of hydrogen-bond donors (Lipinski definition) is 0. The predicted octanol–water partition coefficient (Wildman–Crippen LogP) is 4.18. The molecule has 4 rings (SSSR count). The molecule has 0 radical (unpaired) electrons. The van der Waals surface area contributed by atoms with Gasteiger partial charge in [-0.25, -0.2) is 4.39 Å². The lowest BCUT2D eigenvalue weighted by Crippen LogP contribution is -2.07. The molecule has 6 nitrogen and oxygen atoms in total. The second-order valence-corrected chi connectivity index (χ2v) is 7.76. The van der Waals surface area contributed by atoms with Crippen molar-refractivity contribution in [3.63, 3.8) is 0 Å². The van der Waals surface area contributed by atoms with Crippen molar-refractivity contribution in [3.05, 3.63) is 53.1 Å². The van der Waals surface area contributed by atoms with E-state index < -0.39 is 0 Å². The van der Waals surface area contributed by atoms with E-state index in [1.807, 2.05) is 6.92 Å². The summed E-state index contributed by atoms with van der Waals surface area (Å²) in [5.74, 6) is 1.13. The highest BCUT2D eigenvalue weighted by molar-refractivity contribution is 5.88. The summed E-state index contributed by atoms with van der Waals surface area (Å²) in [5.41, 5.74) is 3.66. The number of ether oxygens (including phenoxy) is 2. The molecule has 0 aliphatic heterocycles. The van der Waals surface area contributed by atoms with Gasteiger partial charge >= 0.3 is 5.97 Å². The van der Waals surface area contributed by atoms with E-state index in [-0.39, 0.29) is 25.0 Å². The van der Waals surface area contributed by atoms with Crippen LogP contribution in [0.25, 0.3) is 10.9 Å². The molecule has 0 spiro atoms. The molecule has 2 aromatic heterocycles. The summed E-state index contributed by atoms with van der Waals surface area (Å²) >= 11 is 0. The van der Waals surface area contributed by atoms with Crippen molar-refractivity contribution < 1.29 is 18.7 Å². The minimum atomic E-state index is -0.323. The van der Waals surface area contributed by atoms with E-state index in [4.69, 9.17) is 9.47 Å². The van der Waals surface area contributed by atoms with Crippen molar-refractivity contribution in [2.24, 2.45) is 11.8 Å². The third-order valence-corrected chi connectivity index (χ3v) is 5.63. The number of rotatable bonds is 7. The molecular formula is C22H24FN3O3. The number of carbonyl (C=O) groups is 1.